The molecule has 26 heavy (non-hydrogen) atoms. The first kappa shape index (κ1) is 19.0. The normalized spacial score (nSPS) is 11.0. The highest BCUT2D eigenvalue weighted by molar-refractivity contribution is 6.02. The van der Waals surface area contributed by atoms with Crippen molar-refractivity contribution >= 4 is 17.6 Å². The van der Waals surface area contributed by atoms with Gasteiger partial charge in [0.25, 0.3) is 0 Å². The topological polar surface area (TPSA) is 107 Å². The molecule has 11 heteroatoms. The molecule has 0 spiro atoms. The highest BCUT2D eigenvalue weighted by atomic mass is 19.4. The lowest BCUT2D eigenvalue weighted by Crippen LogP contribution is -2.39. The number of ether oxygens (including phenoxy) is 1. The van der Waals surface area contributed by atoms with Gasteiger partial charge in [-0.1, -0.05) is 6.07 Å². The van der Waals surface area contributed by atoms with Crippen molar-refractivity contribution in [1.82, 2.24) is 5.32 Å². The summed E-state index contributed by atoms with van der Waals surface area (Å²) in [6.45, 7) is 0. The standard InChI is InChI=1S/C15H12F5N5O/c16-8-4-7(15(18,19)20)5-9(6-8)26-11-3-1-2-10(17)12(11)24-14(23)25-13(21)22/h1-6H,(H6,21,22,23,24,25). The minimum absolute atomic E-state index is 0.296. The van der Waals surface area contributed by atoms with Gasteiger partial charge in [-0.15, -0.1) is 0 Å². The molecule has 0 saturated carbocycles. The molecule has 0 unspecified atom stereocenters. The second kappa shape index (κ2) is 7.25. The molecule has 0 radical (unpaired) electrons. The minimum atomic E-state index is -4.79. The Hall–Kier alpha value is -3.37. The van der Waals surface area contributed by atoms with E-state index in [0.29, 0.717) is 18.2 Å². The van der Waals surface area contributed by atoms with Crippen LogP contribution in [0, 0.1) is 22.5 Å². The van der Waals surface area contributed by atoms with E-state index in [9.17, 15) is 22.0 Å². The van der Waals surface area contributed by atoms with Crippen molar-refractivity contribution in [2.24, 2.45) is 5.73 Å². The van der Waals surface area contributed by atoms with Gasteiger partial charge in [0.1, 0.15) is 17.3 Å². The maximum absolute atomic E-state index is 14.0. The predicted octanol–water partition coefficient (Wildman–Crippen LogP) is 3.61. The monoisotopic (exact) mass is 373 g/mol. The maximum Gasteiger partial charge on any atom is 0.416 e. The summed E-state index contributed by atoms with van der Waals surface area (Å²) < 4.78 is 70.9. The van der Waals surface area contributed by atoms with Crippen LogP contribution in [0.3, 0.4) is 0 Å². The number of nitrogens with one attached hydrogen (secondary N) is 4. The molecular formula is C15H12F5N5O. The molecule has 0 aliphatic rings. The average Bonchev–Trinajstić information content (AvgIpc) is 2.48. The third kappa shape index (κ3) is 4.82. The number of hydrogen-bond acceptors (Lipinski definition) is 3. The maximum atomic E-state index is 14.0. The first-order valence-corrected chi connectivity index (χ1v) is 6.87. The van der Waals surface area contributed by atoms with Crippen molar-refractivity contribution in [3.05, 3.63) is 53.6 Å². The Labute approximate surface area is 143 Å². The van der Waals surface area contributed by atoms with Gasteiger partial charge in [-0.3, -0.25) is 16.1 Å². The van der Waals surface area contributed by atoms with Crippen molar-refractivity contribution in [2.75, 3.05) is 5.32 Å². The molecule has 0 fully saturated rings. The smallest absolute Gasteiger partial charge is 0.416 e. The SMILES string of the molecule is N=C(N)NC(=N)Nc1c(F)cccc1Oc1cc(F)cc(C(F)(F)F)c1. The van der Waals surface area contributed by atoms with Gasteiger partial charge >= 0.3 is 6.18 Å². The molecular weight excluding hydrogens is 361 g/mol. The van der Waals surface area contributed by atoms with Crippen molar-refractivity contribution < 1.29 is 26.7 Å². The molecule has 138 valence electrons. The number of rotatable bonds is 3. The fourth-order valence-electron chi connectivity index (χ4n) is 1.91. The minimum Gasteiger partial charge on any atom is -0.455 e. The molecule has 0 amide bonds. The van der Waals surface area contributed by atoms with Gasteiger partial charge < -0.3 is 15.8 Å². The quantitative estimate of drug-likeness (QED) is 0.322. The Morgan fingerprint density at radius 2 is 1.77 bits per heavy atom. The van der Waals surface area contributed by atoms with E-state index in [2.05, 4.69) is 5.32 Å². The van der Waals surface area contributed by atoms with Gasteiger partial charge in [0.15, 0.2) is 23.5 Å². The second-order valence-corrected chi connectivity index (χ2v) is 4.93. The Kier molecular flexibility index (Phi) is 5.29. The number of hydrogen-bond donors (Lipinski definition) is 5. The zero-order valence-corrected chi connectivity index (χ0v) is 12.8. The summed E-state index contributed by atoms with van der Waals surface area (Å²) >= 11 is 0. The fraction of sp³-hybridized carbons (Fsp3) is 0.0667. The van der Waals surface area contributed by atoms with Crippen LogP contribution in [-0.4, -0.2) is 11.9 Å². The molecule has 0 atom stereocenters. The van der Waals surface area contributed by atoms with Crippen LogP contribution in [0.15, 0.2) is 36.4 Å². The van der Waals surface area contributed by atoms with Crippen molar-refractivity contribution in [3.63, 3.8) is 0 Å². The van der Waals surface area contributed by atoms with E-state index in [4.69, 9.17) is 21.3 Å². The zero-order chi connectivity index (χ0) is 19.5. The zero-order valence-electron chi connectivity index (χ0n) is 12.8. The first-order valence-electron chi connectivity index (χ1n) is 6.87. The third-order valence-electron chi connectivity index (χ3n) is 2.91. The Morgan fingerprint density at radius 1 is 1.08 bits per heavy atom. The molecule has 0 aliphatic heterocycles. The van der Waals surface area contributed by atoms with E-state index in [1.54, 1.807) is 0 Å². The molecule has 2 rings (SSSR count). The van der Waals surface area contributed by atoms with Gasteiger partial charge in [0.2, 0.25) is 0 Å². The van der Waals surface area contributed by atoms with Crippen LogP contribution in [0.25, 0.3) is 0 Å². The molecule has 0 saturated heterocycles. The highest BCUT2D eigenvalue weighted by Gasteiger charge is 2.31. The molecule has 2 aromatic rings. The van der Waals surface area contributed by atoms with E-state index in [0.717, 1.165) is 6.07 Å². The first-order chi connectivity index (χ1) is 12.1. The molecule has 0 aliphatic carbocycles. The lowest BCUT2D eigenvalue weighted by atomic mass is 10.2. The average molecular weight is 373 g/mol. The largest absolute Gasteiger partial charge is 0.455 e. The Balaban J connectivity index is 2.36. The fourth-order valence-corrected chi connectivity index (χ4v) is 1.91. The van der Waals surface area contributed by atoms with Gasteiger partial charge in [-0.25, -0.2) is 8.78 Å². The summed E-state index contributed by atoms with van der Waals surface area (Å²) in [5.41, 5.74) is 3.35. The van der Waals surface area contributed by atoms with E-state index in [-0.39, 0.29) is 5.75 Å². The highest BCUT2D eigenvalue weighted by Crippen LogP contribution is 2.36. The number of benzene rings is 2. The lowest BCUT2D eigenvalue weighted by Gasteiger charge is -2.15. The van der Waals surface area contributed by atoms with Crippen LogP contribution in [0.4, 0.5) is 27.6 Å². The molecule has 0 aromatic heterocycles. The van der Waals surface area contributed by atoms with Crippen LogP contribution in [0.1, 0.15) is 5.56 Å². The van der Waals surface area contributed by atoms with Gasteiger partial charge in [-0.2, -0.15) is 13.2 Å². The predicted molar refractivity (Wildman–Crippen MR) is 84.3 cm³/mol. The number of nitrogens with two attached hydrogens (primary N) is 1. The second-order valence-electron chi connectivity index (χ2n) is 4.93. The van der Waals surface area contributed by atoms with Crippen LogP contribution >= 0.6 is 0 Å². The number of anilines is 1. The van der Waals surface area contributed by atoms with Crippen molar-refractivity contribution in [2.45, 2.75) is 6.18 Å². The summed E-state index contributed by atoms with van der Waals surface area (Å²) in [5.74, 6) is -4.09. The Bertz CT molecular complexity index is 853. The van der Waals surface area contributed by atoms with Gasteiger partial charge in [0.05, 0.1) is 5.56 Å². The molecule has 0 heterocycles. The summed E-state index contributed by atoms with van der Waals surface area (Å²) in [6.07, 6.45) is -4.79. The van der Waals surface area contributed by atoms with Crippen molar-refractivity contribution in [1.29, 1.82) is 10.8 Å². The van der Waals surface area contributed by atoms with Gasteiger partial charge in [-0.05, 0) is 24.3 Å². The van der Waals surface area contributed by atoms with Crippen molar-refractivity contribution in [3.8, 4) is 11.5 Å². The summed E-state index contributed by atoms with van der Waals surface area (Å²) in [7, 11) is 0. The summed E-state index contributed by atoms with van der Waals surface area (Å²) in [4.78, 5) is 0. The molecule has 6 nitrogen and oxygen atoms in total. The lowest BCUT2D eigenvalue weighted by molar-refractivity contribution is -0.137. The third-order valence-corrected chi connectivity index (χ3v) is 2.91. The number of para-hydroxylation sites is 1. The summed E-state index contributed by atoms with van der Waals surface area (Å²) in [6, 6.07) is 4.96. The number of halogens is 5. The molecule has 2 aromatic carbocycles. The van der Waals surface area contributed by atoms with Crippen LogP contribution in [0.5, 0.6) is 11.5 Å². The molecule has 6 N–H and O–H groups in total. The Morgan fingerprint density at radius 3 is 2.38 bits per heavy atom. The van der Waals surface area contributed by atoms with Crippen LogP contribution < -0.4 is 21.1 Å². The van der Waals surface area contributed by atoms with E-state index < -0.39 is 46.7 Å². The summed E-state index contributed by atoms with van der Waals surface area (Å²) in [5, 5.41) is 18.8. The molecule has 0 bridgehead atoms. The van der Waals surface area contributed by atoms with Gasteiger partial charge in [0, 0.05) is 6.07 Å². The number of guanidine groups is 2. The number of alkyl halides is 3. The van der Waals surface area contributed by atoms with E-state index in [1.807, 2.05) is 5.32 Å². The van der Waals surface area contributed by atoms with E-state index in [1.165, 1.54) is 12.1 Å². The van der Waals surface area contributed by atoms with E-state index >= 15 is 0 Å². The van der Waals surface area contributed by atoms with Crippen LogP contribution in [-0.2, 0) is 6.18 Å². The van der Waals surface area contributed by atoms with Crippen LogP contribution in [0.2, 0.25) is 0 Å².